The average Bonchev–Trinajstić information content (AvgIpc) is 3.15. The van der Waals surface area contributed by atoms with Gasteiger partial charge in [0.05, 0.1) is 23.4 Å². The summed E-state index contributed by atoms with van der Waals surface area (Å²) >= 11 is 1.72. The predicted octanol–water partition coefficient (Wildman–Crippen LogP) is 4.01. The summed E-state index contributed by atoms with van der Waals surface area (Å²) in [6, 6.07) is 14.6. The third-order valence-electron chi connectivity index (χ3n) is 5.20. The highest BCUT2D eigenvalue weighted by atomic mass is 79.9. The fraction of sp³-hybridized carbons (Fsp3) is 0.381. The van der Waals surface area contributed by atoms with Gasteiger partial charge in [-0.15, -0.1) is 28.3 Å². The Morgan fingerprint density at radius 3 is 2.61 bits per heavy atom. The summed E-state index contributed by atoms with van der Waals surface area (Å²) in [5.74, 6) is 0.906. The highest BCUT2D eigenvalue weighted by Crippen LogP contribution is 2.28. The van der Waals surface area contributed by atoms with Gasteiger partial charge in [0.1, 0.15) is 10.8 Å². The molecule has 1 atom stereocenters. The molecule has 2 heterocycles. The van der Waals surface area contributed by atoms with Gasteiger partial charge in [-0.2, -0.15) is 0 Å². The molecule has 2 N–H and O–H groups in total. The molecule has 1 aromatic heterocycles. The second-order valence-electron chi connectivity index (χ2n) is 7.07. The van der Waals surface area contributed by atoms with Crippen molar-refractivity contribution in [1.82, 2.24) is 9.88 Å². The van der Waals surface area contributed by atoms with Gasteiger partial charge in [-0.1, -0.05) is 18.2 Å². The lowest BCUT2D eigenvalue weighted by molar-refractivity contribution is 0.243. The molecule has 7 heteroatoms. The first-order valence-corrected chi connectivity index (χ1v) is 10.2. The Morgan fingerprint density at radius 1 is 1.14 bits per heavy atom. The minimum Gasteiger partial charge on any atom is -0.497 e. The number of nitrogens with two attached hydrogens (primary N) is 1. The van der Waals surface area contributed by atoms with Gasteiger partial charge >= 0.3 is 0 Å². The molecule has 1 aliphatic rings. The normalized spacial score (nSPS) is 16.0. The Morgan fingerprint density at radius 2 is 1.89 bits per heavy atom. The number of anilines is 1. The third-order valence-corrected chi connectivity index (χ3v) is 6.35. The van der Waals surface area contributed by atoms with E-state index in [1.165, 1.54) is 16.0 Å². The van der Waals surface area contributed by atoms with Crippen molar-refractivity contribution in [2.24, 2.45) is 5.73 Å². The van der Waals surface area contributed by atoms with Crippen LogP contribution in [0.15, 0.2) is 42.5 Å². The number of thiazole rings is 1. The monoisotopic (exact) mass is 462 g/mol. The van der Waals surface area contributed by atoms with Crippen molar-refractivity contribution in [3.05, 3.63) is 53.0 Å². The Labute approximate surface area is 180 Å². The maximum atomic E-state index is 6.50. The molecule has 0 aliphatic carbocycles. The molecule has 150 valence electrons. The van der Waals surface area contributed by atoms with Crippen LogP contribution in [0.25, 0.3) is 10.2 Å². The van der Waals surface area contributed by atoms with E-state index in [-0.39, 0.29) is 23.0 Å². The van der Waals surface area contributed by atoms with Crippen molar-refractivity contribution in [2.75, 3.05) is 44.7 Å². The molecular formula is C21H27BrN4OS. The zero-order chi connectivity index (χ0) is 18.8. The summed E-state index contributed by atoms with van der Waals surface area (Å²) in [6.45, 7) is 6.97. The predicted molar refractivity (Wildman–Crippen MR) is 123 cm³/mol. The Balaban J connectivity index is 0.00000225. The van der Waals surface area contributed by atoms with Crippen molar-refractivity contribution >= 4 is 44.2 Å². The van der Waals surface area contributed by atoms with Crippen LogP contribution >= 0.6 is 28.3 Å². The number of piperazine rings is 1. The van der Waals surface area contributed by atoms with Crippen LogP contribution in [-0.2, 0) is 0 Å². The second-order valence-corrected chi connectivity index (χ2v) is 8.13. The maximum Gasteiger partial charge on any atom is 0.120 e. The number of hydrogen-bond acceptors (Lipinski definition) is 6. The van der Waals surface area contributed by atoms with Crippen LogP contribution in [0.5, 0.6) is 5.75 Å². The van der Waals surface area contributed by atoms with E-state index in [0.29, 0.717) is 0 Å². The zero-order valence-electron chi connectivity index (χ0n) is 16.3. The summed E-state index contributed by atoms with van der Waals surface area (Å²) in [4.78, 5) is 9.65. The lowest BCUT2D eigenvalue weighted by Gasteiger charge is -2.37. The van der Waals surface area contributed by atoms with E-state index in [1.807, 2.05) is 12.1 Å². The van der Waals surface area contributed by atoms with Crippen molar-refractivity contribution in [3.8, 4) is 5.75 Å². The van der Waals surface area contributed by atoms with E-state index < -0.39 is 0 Å². The van der Waals surface area contributed by atoms with E-state index in [2.05, 4.69) is 47.1 Å². The number of rotatable bonds is 5. The van der Waals surface area contributed by atoms with Crippen LogP contribution in [0, 0.1) is 6.92 Å². The molecule has 0 saturated carbocycles. The van der Waals surface area contributed by atoms with Crippen LogP contribution in [0.2, 0.25) is 0 Å². The van der Waals surface area contributed by atoms with E-state index in [4.69, 9.17) is 15.5 Å². The first-order valence-electron chi connectivity index (χ1n) is 9.37. The minimum atomic E-state index is -0.0369. The number of ether oxygens (including phenoxy) is 1. The fourth-order valence-electron chi connectivity index (χ4n) is 3.61. The molecule has 4 rings (SSSR count). The van der Waals surface area contributed by atoms with E-state index in [1.54, 1.807) is 18.4 Å². The van der Waals surface area contributed by atoms with Crippen molar-refractivity contribution in [3.63, 3.8) is 0 Å². The highest BCUT2D eigenvalue weighted by molar-refractivity contribution is 8.93. The smallest absolute Gasteiger partial charge is 0.120 e. The molecule has 1 unspecified atom stereocenters. The molecular weight excluding hydrogens is 436 g/mol. The highest BCUT2D eigenvalue weighted by Gasteiger charge is 2.21. The number of fused-ring (bicyclic) bond motifs is 1. The molecule has 0 bridgehead atoms. The molecule has 0 radical (unpaired) electrons. The summed E-state index contributed by atoms with van der Waals surface area (Å²) in [5, 5.41) is 1.04. The summed E-state index contributed by atoms with van der Waals surface area (Å²) in [7, 11) is 1.71. The van der Waals surface area contributed by atoms with Gasteiger partial charge in [0.25, 0.3) is 0 Å². The van der Waals surface area contributed by atoms with Gasteiger partial charge in [-0.3, -0.25) is 4.90 Å². The fourth-order valence-corrected chi connectivity index (χ4v) is 4.65. The number of hydrogen-bond donors (Lipinski definition) is 1. The maximum absolute atomic E-state index is 6.50. The first kappa shape index (κ1) is 21.0. The summed E-state index contributed by atoms with van der Waals surface area (Å²) in [6.07, 6.45) is 0. The van der Waals surface area contributed by atoms with E-state index >= 15 is 0 Å². The molecule has 28 heavy (non-hydrogen) atoms. The van der Waals surface area contributed by atoms with Crippen LogP contribution in [0.3, 0.4) is 0 Å². The van der Waals surface area contributed by atoms with Gasteiger partial charge in [0.15, 0.2) is 0 Å². The number of nitrogens with zero attached hydrogens (tertiary/aromatic N) is 3. The van der Waals surface area contributed by atoms with Crippen LogP contribution < -0.4 is 15.4 Å². The molecule has 0 amide bonds. The average molecular weight is 463 g/mol. The van der Waals surface area contributed by atoms with Crippen molar-refractivity contribution in [1.29, 1.82) is 0 Å². The minimum absolute atomic E-state index is 0. The van der Waals surface area contributed by atoms with Crippen LogP contribution in [0.4, 0.5) is 5.69 Å². The number of para-hydroxylation sites is 1. The van der Waals surface area contributed by atoms with Gasteiger partial charge in [-0.25, -0.2) is 4.98 Å². The van der Waals surface area contributed by atoms with Crippen molar-refractivity contribution < 1.29 is 4.74 Å². The zero-order valence-corrected chi connectivity index (χ0v) is 18.8. The number of aryl methyl sites for hydroxylation is 1. The van der Waals surface area contributed by atoms with Crippen LogP contribution in [0.1, 0.15) is 16.6 Å². The number of benzene rings is 2. The second kappa shape index (κ2) is 9.22. The Hall–Kier alpha value is -1.67. The lowest BCUT2D eigenvalue weighted by atomic mass is 10.2. The van der Waals surface area contributed by atoms with E-state index in [0.717, 1.165) is 49.0 Å². The SMILES string of the molecule is Br.COc1cccc(N2CCN(CC(N)c3nc4c(C)cccc4s3)CC2)c1. The molecule has 5 nitrogen and oxygen atoms in total. The summed E-state index contributed by atoms with van der Waals surface area (Å²) < 4.78 is 6.57. The molecule has 1 fully saturated rings. The van der Waals surface area contributed by atoms with Crippen LogP contribution in [-0.4, -0.2) is 49.7 Å². The first-order chi connectivity index (χ1) is 13.1. The number of halogens is 1. The topological polar surface area (TPSA) is 54.6 Å². The quantitative estimate of drug-likeness (QED) is 0.620. The van der Waals surface area contributed by atoms with Gasteiger partial charge in [0, 0.05) is 44.5 Å². The molecule has 1 saturated heterocycles. The van der Waals surface area contributed by atoms with Gasteiger partial charge < -0.3 is 15.4 Å². The molecule has 2 aromatic carbocycles. The van der Waals surface area contributed by atoms with E-state index in [9.17, 15) is 0 Å². The standard InChI is InChI=1S/C21H26N4OS.BrH/c1-15-5-3-8-19-20(15)23-21(27-19)18(22)14-24-9-11-25(12-10-24)16-6-4-7-17(13-16)26-2;/h3-8,13,18H,9-12,14,22H2,1-2H3;1H. The Kier molecular flexibility index (Phi) is 6.93. The summed E-state index contributed by atoms with van der Waals surface area (Å²) in [5.41, 5.74) is 10.0. The Bertz CT molecular complexity index is 924. The van der Waals surface area contributed by atoms with Gasteiger partial charge in [0.2, 0.25) is 0 Å². The van der Waals surface area contributed by atoms with Gasteiger partial charge in [-0.05, 0) is 30.7 Å². The number of aromatic nitrogens is 1. The largest absolute Gasteiger partial charge is 0.497 e. The molecule has 1 aliphatic heterocycles. The molecule has 3 aromatic rings. The number of methoxy groups -OCH3 is 1. The lowest BCUT2D eigenvalue weighted by Crippen LogP contribution is -2.48. The third kappa shape index (κ3) is 4.49. The van der Waals surface area contributed by atoms with Crippen molar-refractivity contribution in [2.45, 2.75) is 13.0 Å². The molecule has 0 spiro atoms.